The van der Waals surface area contributed by atoms with E-state index in [1.54, 1.807) is 17.3 Å². The lowest BCUT2D eigenvalue weighted by Gasteiger charge is -2.21. The minimum Gasteiger partial charge on any atom is -0.331 e. The number of rotatable bonds is 5. The molecule has 0 aliphatic heterocycles. The summed E-state index contributed by atoms with van der Waals surface area (Å²) < 4.78 is 0. The summed E-state index contributed by atoms with van der Waals surface area (Å²) >= 11 is 0.931. The van der Waals surface area contributed by atoms with E-state index in [9.17, 15) is 14.9 Å². The van der Waals surface area contributed by atoms with Crippen LogP contribution in [-0.2, 0) is 6.54 Å². The van der Waals surface area contributed by atoms with E-state index in [4.69, 9.17) is 0 Å². The molecular formula is C14H13N3O3S. The van der Waals surface area contributed by atoms with Gasteiger partial charge in [0.05, 0.1) is 9.80 Å². The average molecular weight is 303 g/mol. The summed E-state index contributed by atoms with van der Waals surface area (Å²) in [6.07, 6.45) is 5.37. The number of carbonyl (C=O) groups excluding carboxylic acids is 1. The summed E-state index contributed by atoms with van der Waals surface area (Å²) in [5, 5.41) is 10.7. The molecule has 1 aliphatic rings. The maximum absolute atomic E-state index is 12.6. The summed E-state index contributed by atoms with van der Waals surface area (Å²) in [7, 11) is 0. The fourth-order valence-corrected chi connectivity index (χ4v) is 2.90. The Balaban J connectivity index is 1.80. The minimum absolute atomic E-state index is 0.00184. The summed E-state index contributed by atoms with van der Waals surface area (Å²) in [6.45, 7) is 0.512. The molecule has 7 heteroatoms. The average Bonchev–Trinajstić information content (AvgIpc) is 3.20. The SMILES string of the molecule is O=C(c1ccc([N+](=O)[O-])s1)N(Cc1ccncc1)C1CC1. The molecule has 0 spiro atoms. The predicted octanol–water partition coefficient (Wildman–Crippen LogP) is 2.86. The van der Waals surface area contributed by atoms with Crippen LogP contribution in [-0.4, -0.2) is 26.8 Å². The summed E-state index contributed by atoms with van der Waals surface area (Å²) in [5.41, 5.74) is 1.01. The van der Waals surface area contributed by atoms with Crippen LogP contribution in [0.3, 0.4) is 0 Å². The first-order valence-electron chi connectivity index (χ1n) is 6.59. The van der Waals surface area contributed by atoms with E-state index in [1.807, 2.05) is 12.1 Å². The molecule has 6 nitrogen and oxygen atoms in total. The van der Waals surface area contributed by atoms with Gasteiger partial charge in [-0.15, -0.1) is 0 Å². The molecule has 21 heavy (non-hydrogen) atoms. The quantitative estimate of drug-likeness (QED) is 0.628. The van der Waals surface area contributed by atoms with Crippen LogP contribution in [0.5, 0.6) is 0 Å². The molecule has 1 saturated carbocycles. The third-order valence-corrected chi connectivity index (χ3v) is 4.36. The molecule has 0 saturated heterocycles. The van der Waals surface area contributed by atoms with Crippen molar-refractivity contribution in [3.05, 3.63) is 57.2 Å². The van der Waals surface area contributed by atoms with Crippen LogP contribution in [0.1, 0.15) is 28.1 Å². The van der Waals surface area contributed by atoms with Crippen LogP contribution >= 0.6 is 11.3 Å². The van der Waals surface area contributed by atoms with Gasteiger partial charge in [0.1, 0.15) is 0 Å². The Morgan fingerprint density at radius 3 is 2.62 bits per heavy atom. The third kappa shape index (κ3) is 3.08. The summed E-state index contributed by atoms with van der Waals surface area (Å²) in [5.74, 6) is -0.132. The maximum atomic E-state index is 12.6. The van der Waals surface area contributed by atoms with Crippen molar-refractivity contribution >= 4 is 22.2 Å². The zero-order valence-corrected chi connectivity index (χ0v) is 12.0. The molecule has 0 N–H and O–H groups in total. The Hall–Kier alpha value is -2.28. The molecule has 0 bridgehead atoms. The second-order valence-corrected chi connectivity index (χ2v) is 5.98. The molecule has 3 rings (SSSR count). The normalized spacial score (nSPS) is 13.9. The topological polar surface area (TPSA) is 76.3 Å². The van der Waals surface area contributed by atoms with Gasteiger partial charge < -0.3 is 4.90 Å². The third-order valence-electron chi connectivity index (χ3n) is 3.33. The molecule has 1 aliphatic carbocycles. The Morgan fingerprint density at radius 2 is 2.05 bits per heavy atom. The lowest BCUT2D eigenvalue weighted by Crippen LogP contribution is -2.32. The van der Waals surface area contributed by atoms with Crippen LogP contribution in [0.2, 0.25) is 0 Å². The number of pyridine rings is 1. The smallest absolute Gasteiger partial charge is 0.324 e. The predicted molar refractivity (Wildman–Crippen MR) is 78.1 cm³/mol. The summed E-state index contributed by atoms with van der Waals surface area (Å²) in [4.78, 5) is 29.0. The number of hydrogen-bond donors (Lipinski definition) is 0. The van der Waals surface area contributed by atoms with Crippen molar-refractivity contribution in [2.45, 2.75) is 25.4 Å². The number of nitrogens with zero attached hydrogens (tertiary/aromatic N) is 3. The van der Waals surface area contributed by atoms with Crippen LogP contribution in [0, 0.1) is 10.1 Å². The molecule has 0 aromatic carbocycles. The highest BCUT2D eigenvalue weighted by molar-refractivity contribution is 7.17. The van der Waals surface area contributed by atoms with Gasteiger partial charge in [-0.25, -0.2) is 0 Å². The lowest BCUT2D eigenvalue weighted by molar-refractivity contribution is -0.380. The first kappa shape index (κ1) is 13.7. The Labute approximate surface area is 125 Å². The molecular weight excluding hydrogens is 290 g/mol. The monoisotopic (exact) mass is 303 g/mol. The number of thiophene rings is 1. The van der Waals surface area contributed by atoms with Gasteiger partial charge in [-0.1, -0.05) is 11.3 Å². The van der Waals surface area contributed by atoms with E-state index in [2.05, 4.69) is 4.98 Å². The second kappa shape index (κ2) is 5.61. The molecule has 2 aromatic heterocycles. The highest BCUT2D eigenvalue weighted by atomic mass is 32.1. The van der Waals surface area contributed by atoms with Crippen molar-refractivity contribution in [2.24, 2.45) is 0 Å². The van der Waals surface area contributed by atoms with Crippen LogP contribution in [0.15, 0.2) is 36.7 Å². The number of amides is 1. The zero-order valence-electron chi connectivity index (χ0n) is 11.1. The van der Waals surface area contributed by atoms with Gasteiger partial charge in [0.25, 0.3) is 5.91 Å². The van der Waals surface area contributed by atoms with Gasteiger partial charge >= 0.3 is 5.00 Å². The van der Waals surface area contributed by atoms with Gasteiger partial charge in [0.15, 0.2) is 0 Å². The molecule has 2 aromatic rings. The van der Waals surface area contributed by atoms with Gasteiger partial charge in [0.2, 0.25) is 0 Å². The molecule has 0 unspecified atom stereocenters. The Kier molecular flexibility index (Phi) is 3.66. The van der Waals surface area contributed by atoms with Crippen LogP contribution in [0.4, 0.5) is 5.00 Å². The fourth-order valence-electron chi connectivity index (χ4n) is 2.12. The molecule has 0 radical (unpaired) electrons. The highest BCUT2D eigenvalue weighted by Crippen LogP contribution is 2.32. The van der Waals surface area contributed by atoms with Crippen molar-refractivity contribution < 1.29 is 9.72 Å². The lowest BCUT2D eigenvalue weighted by atomic mass is 10.2. The van der Waals surface area contributed by atoms with Crippen LogP contribution in [0.25, 0.3) is 0 Å². The zero-order chi connectivity index (χ0) is 14.8. The number of hydrogen-bond acceptors (Lipinski definition) is 5. The summed E-state index contributed by atoms with van der Waals surface area (Å²) in [6, 6.07) is 6.91. The number of aromatic nitrogens is 1. The minimum atomic E-state index is -0.466. The van der Waals surface area contributed by atoms with Gasteiger partial charge in [-0.05, 0) is 36.6 Å². The van der Waals surface area contributed by atoms with Crippen molar-refractivity contribution in [1.82, 2.24) is 9.88 Å². The molecule has 1 amide bonds. The maximum Gasteiger partial charge on any atom is 0.324 e. The van der Waals surface area contributed by atoms with Crippen molar-refractivity contribution in [1.29, 1.82) is 0 Å². The Morgan fingerprint density at radius 1 is 1.33 bits per heavy atom. The fraction of sp³-hybridized carbons (Fsp3) is 0.286. The number of carbonyl (C=O) groups is 1. The van der Waals surface area contributed by atoms with E-state index in [0.29, 0.717) is 11.4 Å². The Bertz CT molecular complexity index is 667. The standard InChI is InChI=1S/C14H13N3O3S/c18-14(12-3-4-13(21-12)17(19)20)16(11-1-2-11)9-10-5-7-15-8-6-10/h3-8,11H,1-2,9H2. The molecule has 0 atom stereocenters. The molecule has 1 fully saturated rings. The highest BCUT2D eigenvalue weighted by Gasteiger charge is 2.34. The largest absolute Gasteiger partial charge is 0.331 e. The van der Waals surface area contributed by atoms with Gasteiger partial charge in [-0.2, -0.15) is 0 Å². The number of nitro groups is 1. The van der Waals surface area contributed by atoms with E-state index >= 15 is 0 Å². The van der Waals surface area contributed by atoms with E-state index < -0.39 is 4.92 Å². The first-order chi connectivity index (χ1) is 10.1. The molecule has 2 heterocycles. The second-order valence-electron chi connectivity index (χ2n) is 4.91. The van der Waals surface area contributed by atoms with Gasteiger partial charge in [0, 0.05) is 31.0 Å². The van der Waals surface area contributed by atoms with E-state index in [-0.39, 0.29) is 17.0 Å². The van der Waals surface area contributed by atoms with Crippen molar-refractivity contribution in [2.75, 3.05) is 0 Å². The van der Waals surface area contributed by atoms with E-state index in [1.165, 1.54) is 12.1 Å². The van der Waals surface area contributed by atoms with Crippen molar-refractivity contribution in [3.8, 4) is 0 Å². The van der Waals surface area contributed by atoms with Gasteiger partial charge in [-0.3, -0.25) is 19.9 Å². The van der Waals surface area contributed by atoms with Crippen molar-refractivity contribution in [3.63, 3.8) is 0 Å². The van der Waals surface area contributed by atoms with Crippen LogP contribution < -0.4 is 0 Å². The molecule has 108 valence electrons. The first-order valence-corrected chi connectivity index (χ1v) is 7.41. The van der Waals surface area contributed by atoms with E-state index in [0.717, 1.165) is 29.7 Å².